The zero-order valence-corrected chi connectivity index (χ0v) is 14.0. The number of nitrogens with one attached hydrogen (secondary N) is 1. The lowest BCUT2D eigenvalue weighted by atomic mass is 9.97. The van der Waals surface area contributed by atoms with Gasteiger partial charge in [-0.3, -0.25) is 9.59 Å². The molecule has 1 aromatic rings. The second-order valence-corrected chi connectivity index (χ2v) is 6.35. The average Bonchev–Trinajstić information content (AvgIpc) is 2.58. The van der Waals surface area contributed by atoms with E-state index in [0.717, 1.165) is 19.4 Å². The minimum atomic E-state index is -0.00408. The molecule has 1 fully saturated rings. The molecular formula is C18H26N2O3. The number of hydrogen-bond acceptors (Lipinski definition) is 3. The van der Waals surface area contributed by atoms with Crippen molar-refractivity contribution in [2.45, 2.75) is 26.7 Å². The largest absolute Gasteiger partial charge is 0.484 e. The number of piperidine rings is 1. The van der Waals surface area contributed by atoms with Crippen molar-refractivity contribution in [1.29, 1.82) is 0 Å². The van der Waals surface area contributed by atoms with Crippen molar-refractivity contribution < 1.29 is 14.3 Å². The SMILES string of the molecule is CC(C)C(=O)NCC1CCCN(C(=O)COc2ccccc2)C1. The summed E-state index contributed by atoms with van der Waals surface area (Å²) in [6, 6.07) is 9.36. The summed E-state index contributed by atoms with van der Waals surface area (Å²) in [5.74, 6) is 1.11. The summed E-state index contributed by atoms with van der Waals surface area (Å²) in [6.07, 6.45) is 2.01. The molecule has 0 bridgehead atoms. The van der Waals surface area contributed by atoms with Gasteiger partial charge in [0.1, 0.15) is 5.75 Å². The van der Waals surface area contributed by atoms with Crippen LogP contribution in [0.5, 0.6) is 5.75 Å². The molecule has 5 heteroatoms. The maximum Gasteiger partial charge on any atom is 0.260 e. The highest BCUT2D eigenvalue weighted by atomic mass is 16.5. The van der Waals surface area contributed by atoms with Gasteiger partial charge in [-0.1, -0.05) is 32.0 Å². The first-order chi connectivity index (χ1) is 11.1. The van der Waals surface area contributed by atoms with E-state index >= 15 is 0 Å². The molecule has 0 saturated carbocycles. The van der Waals surface area contributed by atoms with Crippen LogP contribution >= 0.6 is 0 Å². The number of carbonyl (C=O) groups excluding carboxylic acids is 2. The van der Waals surface area contributed by atoms with Crippen molar-refractivity contribution in [1.82, 2.24) is 10.2 Å². The molecule has 2 amide bonds. The van der Waals surface area contributed by atoms with Crippen LogP contribution in [0.1, 0.15) is 26.7 Å². The molecule has 0 radical (unpaired) electrons. The lowest BCUT2D eigenvalue weighted by Crippen LogP contribution is -2.45. The number of ether oxygens (including phenoxy) is 1. The Labute approximate surface area is 138 Å². The van der Waals surface area contributed by atoms with Crippen LogP contribution in [-0.2, 0) is 9.59 Å². The van der Waals surface area contributed by atoms with Gasteiger partial charge in [-0.2, -0.15) is 0 Å². The van der Waals surface area contributed by atoms with Gasteiger partial charge < -0.3 is 15.0 Å². The molecule has 1 unspecified atom stereocenters. The molecule has 0 aromatic heterocycles. The van der Waals surface area contributed by atoms with Crippen molar-refractivity contribution in [2.75, 3.05) is 26.2 Å². The Balaban J connectivity index is 1.76. The Morgan fingerprint density at radius 2 is 2.04 bits per heavy atom. The summed E-state index contributed by atoms with van der Waals surface area (Å²) < 4.78 is 5.52. The molecule has 1 saturated heterocycles. The molecule has 1 aliphatic rings. The quantitative estimate of drug-likeness (QED) is 0.873. The Hall–Kier alpha value is -2.04. The molecule has 5 nitrogen and oxygen atoms in total. The molecule has 1 heterocycles. The van der Waals surface area contributed by atoms with Gasteiger partial charge in [-0.05, 0) is 30.9 Å². The predicted octanol–water partition coefficient (Wildman–Crippen LogP) is 2.08. The fourth-order valence-corrected chi connectivity index (χ4v) is 2.66. The molecule has 1 atom stereocenters. The average molecular weight is 318 g/mol. The minimum absolute atomic E-state index is 0.00408. The van der Waals surface area contributed by atoms with Gasteiger partial charge in [-0.15, -0.1) is 0 Å². The number of hydrogen-bond donors (Lipinski definition) is 1. The number of nitrogens with zero attached hydrogens (tertiary/aromatic N) is 1. The van der Waals surface area contributed by atoms with Crippen LogP contribution in [0.4, 0.5) is 0 Å². The monoisotopic (exact) mass is 318 g/mol. The van der Waals surface area contributed by atoms with Gasteiger partial charge in [0.05, 0.1) is 0 Å². The molecule has 0 aliphatic carbocycles. The van der Waals surface area contributed by atoms with Crippen molar-refractivity contribution >= 4 is 11.8 Å². The van der Waals surface area contributed by atoms with Gasteiger partial charge >= 0.3 is 0 Å². The maximum absolute atomic E-state index is 12.3. The highest BCUT2D eigenvalue weighted by molar-refractivity contribution is 5.78. The van der Waals surface area contributed by atoms with E-state index < -0.39 is 0 Å². The van der Waals surface area contributed by atoms with E-state index in [9.17, 15) is 9.59 Å². The third-order valence-corrected chi connectivity index (χ3v) is 4.07. The van der Waals surface area contributed by atoms with E-state index in [1.165, 1.54) is 0 Å². The van der Waals surface area contributed by atoms with Crippen LogP contribution in [0.25, 0.3) is 0 Å². The van der Waals surface area contributed by atoms with E-state index in [2.05, 4.69) is 5.32 Å². The smallest absolute Gasteiger partial charge is 0.260 e. The predicted molar refractivity (Wildman–Crippen MR) is 89.1 cm³/mol. The van der Waals surface area contributed by atoms with E-state index in [1.54, 1.807) is 0 Å². The van der Waals surface area contributed by atoms with Gasteiger partial charge in [0.25, 0.3) is 5.91 Å². The normalized spacial score (nSPS) is 17.9. The van der Waals surface area contributed by atoms with Gasteiger partial charge in [0, 0.05) is 25.6 Å². The van der Waals surface area contributed by atoms with Crippen LogP contribution in [-0.4, -0.2) is 43.0 Å². The van der Waals surface area contributed by atoms with Crippen molar-refractivity contribution in [3.63, 3.8) is 0 Å². The lowest BCUT2D eigenvalue weighted by Gasteiger charge is -2.33. The van der Waals surface area contributed by atoms with Gasteiger partial charge in [0.15, 0.2) is 6.61 Å². The number of likely N-dealkylation sites (tertiary alicyclic amines) is 1. The molecule has 1 N–H and O–H groups in total. The molecule has 0 spiro atoms. The van der Waals surface area contributed by atoms with Crippen LogP contribution in [0.3, 0.4) is 0 Å². The maximum atomic E-state index is 12.3. The minimum Gasteiger partial charge on any atom is -0.484 e. The first kappa shape index (κ1) is 17.3. The van der Waals surface area contributed by atoms with Crippen molar-refractivity contribution in [3.05, 3.63) is 30.3 Å². The zero-order chi connectivity index (χ0) is 16.7. The first-order valence-electron chi connectivity index (χ1n) is 8.29. The Morgan fingerprint density at radius 1 is 1.30 bits per heavy atom. The molecule has 126 valence electrons. The van der Waals surface area contributed by atoms with Crippen LogP contribution < -0.4 is 10.1 Å². The molecular weight excluding hydrogens is 292 g/mol. The molecule has 1 aromatic carbocycles. The third kappa shape index (κ3) is 5.58. The highest BCUT2D eigenvalue weighted by Gasteiger charge is 2.24. The van der Waals surface area contributed by atoms with E-state index in [1.807, 2.05) is 49.1 Å². The van der Waals surface area contributed by atoms with Crippen LogP contribution in [0.15, 0.2) is 30.3 Å². The fraction of sp³-hybridized carbons (Fsp3) is 0.556. The standard InChI is InChI=1S/C18H26N2O3/c1-14(2)18(22)19-11-15-7-6-10-20(12-15)17(21)13-23-16-8-4-3-5-9-16/h3-5,8-9,14-15H,6-7,10-13H2,1-2H3,(H,19,22). The molecule has 2 rings (SSSR count). The van der Waals surface area contributed by atoms with Gasteiger partial charge in [-0.25, -0.2) is 0 Å². The molecule has 1 aliphatic heterocycles. The van der Waals surface area contributed by atoms with Crippen molar-refractivity contribution in [2.24, 2.45) is 11.8 Å². The van der Waals surface area contributed by atoms with Gasteiger partial charge in [0.2, 0.25) is 5.91 Å². The van der Waals surface area contributed by atoms with Crippen LogP contribution in [0.2, 0.25) is 0 Å². The number of para-hydroxylation sites is 1. The number of carbonyl (C=O) groups is 2. The Kier molecular flexibility index (Phi) is 6.44. The van der Waals surface area contributed by atoms with E-state index in [4.69, 9.17) is 4.74 Å². The van der Waals surface area contributed by atoms with E-state index in [0.29, 0.717) is 24.8 Å². The highest BCUT2D eigenvalue weighted by Crippen LogP contribution is 2.16. The Bertz CT molecular complexity index is 516. The lowest BCUT2D eigenvalue weighted by molar-refractivity contribution is -0.135. The zero-order valence-electron chi connectivity index (χ0n) is 14.0. The summed E-state index contributed by atoms with van der Waals surface area (Å²) >= 11 is 0. The fourth-order valence-electron chi connectivity index (χ4n) is 2.66. The first-order valence-corrected chi connectivity index (χ1v) is 8.29. The van der Waals surface area contributed by atoms with Crippen LogP contribution in [0, 0.1) is 11.8 Å². The number of amides is 2. The summed E-state index contributed by atoms with van der Waals surface area (Å²) in [4.78, 5) is 25.8. The third-order valence-electron chi connectivity index (χ3n) is 4.07. The van der Waals surface area contributed by atoms with E-state index in [-0.39, 0.29) is 24.3 Å². The number of benzene rings is 1. The summed E-state index contributed by atoms with van der Waals surface area (Å²) in [7, 11) is 0. The second kappa shape index (κ2) is 8.56. The topological polar surface area (TPSA) is 58.6 Å². The summed E-state index contributed by atoms with van der Waals surface area (Å²) in [6.45, 7) is 5.93. The Morgan fingerprint density at radius 3 is 2.74 bits per heavy atom. The second-order valence-electron chi connectivity index (χ2n) is 6.35. The van der Waals surface area contributed by atoms with Crippen molar-refractivity contribution in [3.8, 4) is 5.75 Å². The number of rotatable bonds is 6. The summed E-state index contributed by atoms with van der Waals surface area (Å²) in [5.41, 5.74) is 0. The molecule has 23 heavy (non-hydrogen) atoms. The summed E-state index contributed by atoms with van der Waals surface area (Å²) in [5, 5.41) is 2.96.